The molecule has 0 fully saturated rings. The van der Waals surface area contributed by atoms with E-state index in [0.717, 1.165) is 40.3 Å². The van der Waals surface area contributed by atoms with Crippen LogP contribution in [0.5, 0.6) is 0 Å². The Morgan fingerprint density at radius 3 is 2.43 bits per heavy atom. The lowest BCUT2D eigenvalue weighted by Crippen LogP contribution is -2.32. The fourth-order valence-corrected chi connectivity index (χ4v) is 3.65. The standard InChI is InChI=1S/C24H29N3O3/c1-16(11-19-5-4-6-20(12-19)13-24(29)30)25-15-22(28)21-9-10-23(26-14-21)27-17(2)7-8-18(27)3/h4-10,12,14,16,22,25,28H,11,13,15H2,1-3H3,(H,29,30)/t16?,22-/m0/s1. The van der Waals surface area contributed by atoms with E-state index < -0.39 is 12.1 Å². The Morgan fingerprint density at radius 2 is 1.80 bits per heavy atom. The molecule has 0 aliphatic carbocycles. The van der Waals surface area contributed by atoms with Gasteiger partial charge in [0.15, 0.2) is 0 Å². The van der Waals surface area contributed by atoms with Crippen LogP contribution in [0.15, 0.2) is 54.7 Å². The van der Waals surface area contributed by atoms with Crippen molar-refractivity contribution in [2.45, 2.75) is 45.8 Å². The highest BCUT2D eigenvalue weighted by molar-refractivity contribution is 5.70. The van der Waals surface area contributed by atoms with Gasteiger partial charge in [0.05, 0.1) is 12.5 Å². The molecule has 0 amide bonds. The molecular formula is C24H29N3O3. The molecule has 6 heteroatoms. The molecule has 2 atom stereocenters. The second-order valence-electron chi connectivity index (χ2n) is 7.82. The normalized spacial score (nSPS) is 13.2. The summed E-state index contributed by atoms with van der Waals surface area (Å²) in [6.45, 7) is 6.55. The first kappa shape index (κ1) is 21.7. The molecule has 1 unspecified atom stereocenters. The number of aliphatic hydroxyl groups is 1. The van der Waals surface area contributed by atoms with Crippen LogP contribution in [0.4, 0.5) is 0 Å². The molecular weight excluding hydrogens is 378 g/mol. The van der Waals surface area contributed by atoms with Gasteiger partial charge in [0.1, 0.15) is 5.82 Å². The maximum absolute atomic E-state index is 10.9. The highest BCUT2D eigenvalue weighted by Crippen LogP contribution is 2.17. The minimum atomic E-state index is -0.830. The van der Waals surface area contributed by atoms with Gasteiger partial charge in [-0.2, -0.15) is 0 Å². The van der Waals surface area contributed by atoms with Gasteiger partial charge in [0.2, 0.25) is 0 Å². The second kappa shape index (κ2) is 9.69. The zero-order valence-corrected chi connectivity index (χ0v) is 17.7. The first-order valence-corrected chi connectivity index (χ1v) is 10.2. The molecule has 158 valence electrons. The quantitative estimate of drug-likeness (QED) is 0.506. The Balaban J connectivity index is 1.55. The lowest BCUT2D eigenvalue weighted by molar-refractivity contribution is -0.136. The number of carboxylic acids is 1. The number of pyridine rings is 1. The van der Waals surface area contributed by atoms with E-state index >= 15 is 0 Å². The third-order valence-corrected chi connectivity index (χ3v) is 5.20. The van der Waals surface area contributed by atoms with Crippen molar-refractivity contribution < 1.29 is 15.0 Å². The summed E-state index contributed by atoms with van der Waals surface area (Å²) in [7, 11) is 0. The molecule has 0 aliphatic rings. The van der Waals surface area contributed by atoms with Gasteiger partial charge < -0.3 is 20.1 Å². The second-order valence-corrected chi connectivity index (χ2v) is 7.82. The highest BCUT2D eigenvalue weighted by atomic mass is 16.4. The monoisotopic (exact) mass is 407 g/mol. The van der Waals surface area contributed by atoms with Gasteiger partial charge >= 0.3 is 5.97 Å². The SMILES string of the molecule is Cc1ccc(C)n1-c1ccc([C@@H](O)CNC(C)Cc2cccc(CC(=O)O)c2)cn1. The van der Waals surface area contributed by atoms with E-state index in [2.05, 4.69) is 33.9 Å². The molecule has 6 nitrogen and oxygen atoms in total. The Bertz CT molecular complexity index is 976. The summed E-state index contributed by atoms with van der Waals surface area (Å²) < 4.78 is 2.08. The number of rotatable bonds is 9. The van der Waals surface area contributed by atoms with Gasteiger partial charge in [-0.15, -0.1) is 0 Å². The number of aliphatic hydroxyl groups excluding tert-OH is 1. The average Bonchev–Trinajstić information content (AvgIpc) is 3.04. The van der Waals surface area contributed by atoms with Crippen LogP contribution in [0.25, 0.3) is 5.82 Å². The first-order chi connectivity index (χ1) is 14.3. The van der Waals surface area contributed by atoms with Crippen LogP contribution < -0.4 is 5.32 Å². The van der Waals surface area contributed by atoms with Crippen LogP contribution in [0, 0.1) is 13.8 Å². The lowest BCUT2D eigenvalue weighted by atomic mass is 10.0. The van der Waals surface area contributed by atoms with Crippen molar-refractivity contribution in [2.75, 3.05) is 6.54 Å². The van der Waals surface area contributed by atoms with Crippen molar-refractivity contribution in [2.24, 2.45) is 0 Å². The molecule has 3 N–H and O–H groups in total. The number of aryl methyl sites for hydroxylation is 2. The fourth-order valence-electron chi connectivity index (χ4n) is 3.65. The van der Waals surface area contributed by atoms with Crippen LogP contribution in [-0.2, 0) is 17.6 Å². The van der Waals surface area contributed by atoms with Crippen LogP contribution in [0.2, 0.25) is 0 Å². The number of benzene rings is 1. The molecule has 0 bridgehead atoms. The summed E-state index contributed by atoms with van der Waals surface area (Å²) in [5.74, 6) is 0.0108. The number of nitrogens with one attached hydrogen (secondary N) is 1. The largest absolute Gasteiger partial charge is 0.481 e. The van der Waals surface area contributed by atoms with Gasteiger partial charge in [0, 0.05) is 35.7 Å². The molecule has 0 aliphatic heterocycles. The van der Waals surface area contributed by atoms with Crippen LogP contribution in [0.3, 0.4) is 0 Å². The smallest absolute Gasteiger partial charge is 0.307 e. The summed E-state index contributed by atoms with van der Waals surface area (Å²) in [5, 5.41) is 22.8. The van der Waals surface area contributed by atoms with E-state index in [0.29, 0.717) is 6.54 Å². The fraction of sp³-hybridized carbons (Fsp3) is 0.333. The summed E-state index contributed by atoms with van der Waals surface area (Å²) in [6.07, 6.45) is 1.85. The summed E-state index contributed by atoms with van der Waals surface area (Å²) in [4.78, 5) is 15.4. The van der Waals surface area contributed by atoms with Crippen molar-refractivity contribution in [1.29, 1.82) is 0 Å². The topological polar surface area (TPSA) is 87.4 Å². The maximum Gasteiger partial charge on any atom is 0.307 e. The average molecular weight is 408 g/mol. The van der Waals surface area contributed by atoms with E-state index in [9.17, 15) is 9.90 Å². The predicted octanol–water partition coefficient (Wildman–Crippen LogP) is 3.37. The molecule has 0 spiro atoms. The van der Waals surface area contributed by atoms with E-state index in [4.69, 9.17) is 5.11 Å². The van der Waals surface area contributed by atoms with Gasteiger partial charge in [-0.1, -0.05) is 30.3 Å². The number of hydrogen-bond acceptors (Lipinski definition) is 4. The van der Waals surface area contributed by atoms with Gasteiger partial charge in [-0.25, -0.2) is 4.98 Å². The minimum Gasteiger partial charge on any atom is -0.481 e. The molecule has 30 heavy (non-hydrogen) atoms. The van der Waals surface area contributed by atoms with Crippen molar-refractivity contribution >= 4 is 5.97 Å². The number of hydrogen-bond donors (Lipinski definition) is 3. The summed E-state index contributed by atoms with van der Waals surface area (Å²) in [6, 6.07) is 15.7. The van der Waals surface area contributed by atoms with Crippen molar-refractivity contribution in [1.82, 2.24) is 14.9 Å². The zero-order chi connectivity index (χ0) is 21.7. The molecule has 3 aromatic rings. The van der Waals surface area contributed by atoms with Crippen LogP contribution in [0.1, 0.15) is 41.1 Å². The summed E-state index contributed by atoms with van der Waals surface area (Å²) in [5.41, 5.74) is 4.88. The van der Waals surface area contributed by atoms with E-state index in [1.54, 1.807) is 6.20 Å². The number of aromatic nitrogens is 2. The predicted molar refractivity (Wildman–Crippen MR) is 117 cm³/mol. The Kier molecular flexibility index (Phi) is 7.03. The van der Waals surface area contributed by atoms with Gasteiger partial charge in [-0.3, -0.25) is 4.79 Å². The molecule has 2 aromatic heterocycles. The molecule has 0 saturated carbocycles. The number of carbonyl (C=O) groups is 1. The molecule has 1 aromatic carbocycles. The van der Waals surface area contributed by atoms with Gasteiger partial charge in [-0.05, 0) is 56.5 Å². The molecule has 0 radical (unpaired) electrons. The first-order valence-electron chi connectivity index (χ1n) is 10.2. The van der Waals surface area contributed by atoms with E-state index in [-0.39, 0.29) is 12.5 Å². The van der Waals surface area contributed by atoms with Crippen molar-refractivity contribution in [3.63, 3.8) is 0 Å². The maximum atomic E-state index is 10.9. The Labute approximate surface area is 177 Å². The minimum absolute atomic E-state index is 0.0272. The van der Waals surface area contributed by atoms with E-state index in [1.807, 2.05) is 50.2 Å². The molecule has 0 saturated heterocycles. The molecule has 2 heterocycles. The van der Waals surface area contributed by atoms with Crippen molar-refractivity contribution in [3.8, 4) is 5.82 Å². The third-order valence-electron chi connectivity index (χ3n) is 5.20. The zero-order valence-electron chi connectivity index (χ0n) is 17.7. The lowest BCUT2D eigenvalue weighted by Gasteiger charge is -2.18. The summed E-state index contributed by atoms with van der Waals surface area (Å²) >= 11 is 0. The van der Waals surface area contributed by atoms with E-state index in [1.165, 1.54) is 0 Å². The number of aliphatic carboxylic acids is 1. The van der Waals surface area contributed by atoms with Crippen molar-refractivity contribution in [3.05, 3.63) is 82.8 Å². The van der Waals surface area contributed by atoms with Crippen LogP contribution >= 0.6 is 0 Å². The Morgan fingerprint density at radius 1 is 1.10 bits per heavy atom. The van der Waals surface area contributed by atoms with Crippen LogP contribution in [-0.4, -0.2) is 38.3 Å². The van der Waals surface area contributed by atoms with Gasteiger partial charge in [0.25, 0.3) is 0 Å². The third kappa shape index (κ3) is 5.55. The molecule has 3 rings (SSSR count). The number of carboxylic acid groups (broad SMARTS) is 1. The Hall–Kier alpha value is -2.96. The number of nitrogens with zero attached hydrogens (tertiary/aromatic N) is 2. The highest BCUT2D eigenvalue weighted by Gasteiger charge is 2.12.